The van der Waals surface area contributed by atoms with E-state index in [1.807, 2.05) is 6.92 Å². The van der Waals surface area contributed by atoms with E-state index in [1.165, 1.54) is 11.1 Å². The normalized spacial score (nSPS) is 10.3. The average Bonchev–Trinajstić information content (AvgIpc) is 2.42. The molecule has 0 fully saturated rings. The highest BCUT2D eigenvalue weighted by Gasteiger charge is 2.11. The van der Waals surface area contributed by atoms with E-state index in [1.54, 1.807) is 0 Å². The van der Waals surface area contributed by atoms with Crippen molar-refractivity contribution in [2.45, 2.75) is 40.7 Å². The Kier molecular flexibility index (Phi) is 8.47. The molecule has 118 valence electrons. The predicted molar refractivity (Wildman–Crippen MR) is 92.2 cm³/mol. The molecule has 0 heterocycles. The highest BCUT2D eigenvalue weighted by molar-refractivity contribution is 9.10. The number of hydrogen-bond donors (Lipinski definition) is 1. The van der Waals surface area contributed by atoms with Crippen LogP contribution < -0.4 is 14.8 Å². The monoisotopic (exact) mass is 355 g/mol. The van der Waals surface area contributed by atoms with Gasteiger partial charge in [0.25, 0.3) is 0 Å². The van der Waals surface area contributed by atoms with Crippen LogP contribution in [0.5, 0.6) is 11.5 Å². The third-order valence-corrected chi connectivity index (χ3v) is 3.43. The van der Waals surface area contributed by atoms with Gasteiger partial charge in [-0.2, -0.15) is 0 Å². The topological polar surface area (TPSA) is 30.5 Å². The standard InChI is InChI=1S/C17H26BrNO2/c1-5-8-19-12-14-10-15(18)17(16(11-14)20-6-2)21-9-7-13(3)4/h7,10-11,19H,5-6,8-9,12H2,1-4H3. The summed E-state index contributed by atoms with van der Waals surface area (Å²) < 4.78 is 12.5. The van der Waals surface area contributed by atoms with Crippen LogP contribution in [-0.2, 0) is 6.54 Å². The number of ether oxygens (including phenoxy) is 2. The first-order valence-corrected chi connectivity index (χ1v) is 8.29. The summed E-state index contributed by atoms with van der Waals surface area (Å²) in [5.74, 6) is 1.57. The second-order valence-electron chi connectivity index (χ2n) is 5.11. The molecule has 0 aliphatic heterocycles. The molecule has 0 amide bonds. The second kappa shape index (κ2) is 9.85. The summed E-state index contributed by atoms with van der Waals surface area (Å²) in [6.45, 7) is 11.3. The van der Waals surface area contributed by atoms with E-state index in [0.717, 1.165) is 35.5 Å². The van der Waals surface area contributed by atoms with Crippen molar-refractivity contribution in [3.63, 3.8) is 0 Å². The van der Waals surface area contributed by atoms with Crippen molar-refractivity contribution in [2.75, 3.05) is 19.8 Å². The molecule has 0 unspecified atom stereocenters. The third kappa shape index (κ3) is 6.53. The fraction of sp³-hybridized carbons (Fsp3) is 0.529. The minimum Gasteiger partial charge on any atom is -0.490 e. The van der Waals surface area contributed by atoms with Gasteiger partial charge in [0.15, 0.2) is 11.5 Å². The lowest BCUT2D eigenvalue weighted by molar-refractivity contribution is 0.294. The first-order chi connectivity index (χ1) is 10.1. The smallest absolute Gasteiger partial charge is 0.175 e. The van der Waals surface area contributed by atoms with Gasteiger partial charge in [-0.3, -0.25) is 0 Å². The maximum atomic E-state index is 5.84. The SMILES string of the molecule is CCCNCc1cc(Br)c(OCC=C(C)C)c(OCC)c1. The first-order valence-electron chi connectivity index (χ1n) is 7.50. The van der Waals surface area contributed by atoms with Crippen molar-refractivity contribution >= 4 is 15.9 Å². The van der Waals surface area contributed by atoms with Gasteiger partial charge >= 0.3 is 0 Å². The molecule has 0 radical (unpaired) electrons. The van der Waals surface area contributed by atoms with Gasteiger partial charge in [-0.15, -0.1) is 0 Å². The Labute approximate surface area is 136 Å². The van der Waals surface area contributed by atoms with Crippen LogP contribution in [-0.4, -0.2) is 19.8 Å². The summed E-state index contributed by atoms with van der Waals surface area (Å²) in [4.78, 5) is 0. The Morgan fingerprint density at radius 1 is 1.24 bits per heavy atom. The van der Waals surface area contributed by atoms with Crippen LogP contribution in [0.3, 0.4) is 0 Å². The van der Waals surface area contributed by atoms with Crippen molar-refractivity contribution in [1.29, 1.82) is 0 Å². The minimum atomic E-state index is 0.550. The molecule has 0 saturated carbocycles. The molecule has 3 nitrogen and oxygen atoms in total. The number of rotatable bonds is 9. The van der Waals surface area contributed by atoms with E-state index < -0.39 is 0 Å². The molecule has 4 heteroatoms. The van der Waals surface area contributed by atoms with Gasteiger partial charge in [0, 0.05) is 6.54 Å². The zero-order valence-corrected chi connectivity index (χ0v) is 15.0. The summed E-state index contributed by atoms with van der Waals surface area (Å²) in [7, 11) is 0. The van der Waals surface area contributed by atoms with Crippen molar-refractivity contribution in [1.82, 2.24) is 5.32 Å². The van der Waals surface area contributed by atoms with Crippen molar-refractivity contribution < 1.29 is 9.47 Å². The fourth-order valence-corrected chi connectivity index (χ4v) is 2.43. The highest BCUT2D eigenvalue weighted by Crippen LogP contribution is 2.37. The Balaban J connectivity index is 2.87. The van der Waals surface area contributed by atoms with Crippen LogP contribution in [0.15, 0.2) is 28.3 Å². The molecular formula is C17H26BrNO2. The number of hydrogen-bond acceptors (Lipinski definition) is 3. The highest BCUT2D eigenvalue weighted by atomic mass is 79.9. The van der Waals surface area contributed by atoms with Gasteiger partial charge in [0.2, 0.25) is 0 Å². The van der Waals surface area contributed by atoms with Gasteiger partial charge in [0.05, 0.1) is 11.1 Å². The van der Waals surface area contributed by atoms with Gasteiger partial charge in [-0.25, -0.2) is 0 Å². The Morgan fingerprint density at radius 2 is 2.00 bits per heavy atom. The molecule has 0 saturated heterocycles. The summed E-state index contributed by atoms with van der Waals surface area (Å²) in [5, 5.41) is 3.40. The fourth-order valence-electron chi connectivity index (χ4n) is 1.83. The van der Waals surface area contributed by atoms with E-state index in [-0.39, 0.29) is 0 Å². The largest absolute Gasteiger partial charge is 0.490 e. The van der Waals surface area contributed by atoms with Crippen molar-refractivity contribution in [3.8, 4) is 11.5 Å². The van der Waals surface area contributed by atoms with E-state index in [4.69, 9.17) is 9.47 Å². The number of allylic oxidation sites excluding steroid dienone is 1. The molecule has 21 heavy (non-hydrogen) atoms. The molecule has 1 N–H and O–H groups in total. The summed E-state index contributed by atoms with van der Waals surface area (Å²) in [6.07, 6.45) is 3.18. The lowest BCUT2D eigenvalue weighted by Crippen LogP contribution is -2.14. The van der Waals surface area contributed by atoms with Gasteiger partial charge in [-0.1, -0.05) is 12.5 Å². The Bertz CT molecular complexity index is 468. The van der Waals surface area contributed by atoms with Gasteiger partial charge in [0.1, 0.15) is 6.61 Å². The minimum absolute atomic E-state index is 0.550. The molecule has 1 aromatic carbocycles. The molecule has 0 aliphatic rings. The summed E-state index contributed by atoms with van der Waals surface area (Å²) in [5.41, 5.74) is 2.43. The zero-order chi connectivity index (χ0) is 15.7. The van der Waals surface area contributed by atoms with Gasteiger partial charge < -0.3 is 14.8 Å². The maximum absolute atomic E-state index is 5.84. The van der Waals surface area contributed by atoms with Crippen LogP contribution in [0, 0.1) is 0 Å². The summed E-state index contributed by atoms with van der Waals surface area (Å²) in [6, 6.07) is 4.14. The van der Waals surface area contributed by atoms with E-state index in [0.29, 0.717) is 13.2 Å². The lowest BCUT2D eigenvalue weighted by Gasteiger charge is -2.15. The average molecular weight is 356 g/mol. The maximum Gasteiger partial charge on any atom is 0.175 e. The molecule has 1 aromatic rings. The molecule has 0 bridgehead atoms. The zero-order valence-electron chi connectivity index (χ0n) is 13.5. The first kappa shape index (κ1) is 18.1. The molecule has 1 rings (SSSR count). The second-order valence-corrected chi connectivity index (χ2v) is 5.96. The van der Waals surface area contributed by atoms with Crippen LogP contribution in [0.2, 0.25) is 0 Å². The van der Waals surface area contributed by atoms with E-state index >= 15 is 0 Å². The van der Waals surface area contributed by atoms with Crippen LogP contribution >= 0.6 is 15.9 Å². The lowest BCUT2D eigenvalue weighted by atomic mass is 10.2. The molecule has 0 atom stereocenters. The molecule has 0 aromatic heterocycles. The van der Waals surface area contributed by atoms with E-state index in [2.05, 4.69) is 60.2 Å². The molecule has 0 aliphatic carbocycles. The quantitative estimate of drug-likeness (QED) is 0.514. The number of halogens is 1. The van der Waals surface area contributed by atoms with E-state index in [9.17, 15) is 0 Å². The Hall–Kier alpha value is -1.00. The van der Waals surface area contributed by atoms with Crippen LogP contribution in [0.25, 0.3) is 0 Å². The van der Waals surface area contributed by atoms with Crippen molar-refractivity contribution in [2.24, 2.45) is 0 Å². The van der Waals surface area contributed by atoms with Crippen LogP contribution in [0.4, 0.5) is 0 Å². The van der Waals surface area contributed by atoms with Gasteiger partial charge in [-0.05, 0) is 73.4 Å². The predicted octanol–water partition coefficient (Wildman–Crippen LogP) is 4.69. The summed E-state index contributed by atoms with van der Waals surface area (Å²) >= 11 is 3.59. The molecular weight excluding hydrogens is 330 g/mol. The number of benzene rings is 1. The van der Waals surface area contributed by atoms with Crippen molar-refractivity contribution in [3.05, 3.63) is 33.8 Å². The Morgan fingerprint density at radius 3 is 2.62 bits per heavy atom. The third-order valence-electron chi connectivity index (χ3n) is 2.84. The molecule has 0 spiro atoms. The van der Waals surface area contributed by atoms with Crippen LogP contribution in [0.1, 0.15) is 39.7 Å². The number of nitrogens with one attached hydrogen (secondary N) is 1.